The summed E-state index contributed by atoms with van der Waals surface area (Å²) in [5.74, 6) is -1.23. The number of hydrogen-bond donors (Lipinski definition) is 1. The van der Waals surface area contributed by atoms with Gasteiger partial charge in [0.25, 0.3) is 0 Å². The summed E-state index contributed by atoms with van der Waals surface area (Å²) in [5, 5.41) is 6.56. The Morgan fingerprint density at radius 3 is 2.67 bits per heavy atom. The van der Waals surface area contributed by atoms with Gasteiger partial charge in [-0.3, -0.25) is 5.10 Å². The molecule has 0 saturated heterocycles. The third kappa shape index (κ3) is 1.79. The number of hydrogen-bond acceptors (Lipinski definition) is 1. The van der Waals surface area contributed by atoms with Gasteiger partial charge in [0, 0.05) is 11.6 Å². The summed E-state index contributed by atoms with van der Waals surface area (Å²) in [6.07, 6.45) is 1.57. The van der Waals surface area contributed by atoms with E-state index in [0.717, 1.165) is 6.07 Å². The molecule has 0 radical (unpaired) electrons. The lowest BCUT2D eigenvalue weighted by Crippen LogP contribution is -1.86. The second-order valence-corrected chi connectivity index (χ2v) is 3.04. The number of aromatic nitrogens is 2. The van der Waals surface area contributed by atoms with Crippen LogP contribution in [0, 0.1) is 11.6 Å². The van der Waals surface area contributed by atoms with Crippen LogP contribution < -0.4 is 0 Å². The Morgan fingerprint density at radius 1 is 1.27 bits per heavy atom. The van der Waals surface area contributed by atoms with E-state index in [4.69, 9.17) is 0 Å². The van der Waals surface area contributed by atoms with Crippen molar-refractivity contribution < 1.29 is 8.78 Å². The summed E-state index contributed by atoms with van der Waals surface area (Å²) in [4.78, 5) is 0. The van der Waals surface area contributed by atoms with Crippen LogP contribution in [-0.2, 0) is 0 Å². The number of halogens is 2. The van der Waals surface area contributed by atoms with Gasteiger partial charge in [-0.05, 0) is 24.3 Å². The van der Waals surface area contributed by atoms with E-state index in [9.17, 15) is 8.78 Å². The lowest BCUT2D eigenvalue weighted by Gasteiger charge is -1.97. The monoisotopic (exact) mass is 206 g/mol. The molecule has 0 bridgehead atoms. The minimum atomic E-state index is -0.628. The molecule has 0 aliphatic carbocycles. The first-order valence-electron chi connectivity index (χ1n) is 4.34. The van der Waals surface area contributed by atoms with Gasteiger partial charge in [-0.15, -0.1) is 0 Å². The number of nitrogens with one attached hydrogen (secondary N) is 1. The van der Waals surface area contributed by atoms with Crippen LogP contribution in [0.15, 0.2) is 30.8 Å². The van der Waals surface area contributed by atoms with Crippen molar-refractivity contribution in [2.45, 2.75) is 0 Å². The van der Waals surface area contributed by atoms with Crippen molar-refractivity contribution in [1.82, 2.24) is 10.2 Å². The van der Waals surface area contributed by atoms with E-state index in [0.29, 0.717) is 11.4 Å². The molecule has 0 amide bonds. The zero-order valence-electron chi connectivity index (χ0n) is 7.80. The number of aromatic amines is 1. The maximum absolute atomic E-state index is 13.3. The number of H-pyrrole nitrogens is 1. The normalized spacial score (nSPS) is 10.3. The smallest absolute Gasteiger partial charge is 0.135 e. The van der Waals surface area contributed by atoms with E-state index in [1.54, 1.807) is 12.1 Å². The molecule has 0 unspecified atom stereocenters. The zero-order valence-corrected chi connectivity index (χ0v) is 7.80. The Labute approximate surface area is 85.3 Å². The third-order valence-corrected chi connectivity index (χ3v) is 2.02. The summed E-state index contributed by atoms with van der Waals surface area (Å²) >= 11 is 0. The highest BCUT2D eigenvalue weighted by Gasteiger charge is 2.08. The molecule has 0 spiro atoms. The van der Waals surface area contributed by atoms with E-state index in [1.807, 2.05) is 0 Å². The van der Waals surface area contributed by atoms with Crippen LogP contribution in [0.25, 0.3) is 17.3 Å². The summed E-state index contributed by atoms with van der Waals surface area (Å²) in [5.41, 5.74) is 1.39. The Hall–Kier alpha value is -1.97. The Balaban J connectivity index is 2.49. The summed E-state index contributed by atoms with van der Waals surface area (Å²) in [7, 11) is 0. The first-order valence-corrected chi connectivity index (χ1v) is 4.34. The van der Waals surface area contributed by atoms with Crippen LogP contribution in [0.3, 0.4) is 0 Å². The van der Waals surface area contributed by atoms with Crippen molar-refractivity contribution in [3.8, 4) is 11.3 Å². The molecule has 2 rings (SSSR count). The van der Waals surface area contributed by atoms with Gasteiger partial charge in [0.15, 0.2) is 0 Å². The average Bonchev–Trinajstić information content (AvgIpc) is 2.66. The van der Waals surface area contributed by atoms with Crippen molar-refractivity contribution >= 4 is 6.08 Å². The van der Waals surface area contributed by atoms with E-state index in [-0.39, 0.29) is 5.56 Å². The lowest BCUT2D eigenvalue weighted by atomic mass is 10.1. The topological polar surface area (TPSA) is 28.7 Å². The van der Waals surface area contributed by atoms with Crippen molar-refractivity contribution in [2.24, 2.45) is 0 Å². The minimum Gasteiger partial charge on any atom is -0.278 e. The SMILES string of the molecule is C=Cc1cc(-c2ccc(F)cc2F)n[nH]1. The quantitative estimate of drug-likeness (QED) is 0.803. The minimum absolute atomic E-state index is 0.265. The fraction of sp³-hybridized carbons (Fsp3) is 0. The maximum Gasteiger partial charge on any atom is 0.135 e. The van der Waals surface area contributed by atoms with Crippen LogP contribution in [0.1, 0.15) is 5.69 Å². The molecule has 4 heteroatoms. The molecule has 1 heterocycles. The van der Waals surface area contributed by atoms with Gasteiger partial charge in [-0.1, -0.05) is 6.58 Å². The lowest BCUT2D eigenvalue weighted by molar-refractivity contribution is 0.585. The number of rotatable bonds is 2. The van der Waals surface area contributed by atoms with Crippen LogP contribution in [0.4, 0.5) is 8.78 Å². The molecule has 1 aromatic carbocycles. The van der Waals surface area contributed by atoms with Crippen molar-refractivity contribution in [2.75, 3.05) is 0 Å². The molecule has 0 fully saturated rings. The van der Waals surface area contributed by atoms with Crippen molar-refractivity contribution in [3.63, 3.8) is 0 Å². The fourth-order valence-electron chi connectivity index (χ4n) is 1.28. The second kappa shape index (κ2) is 3.65. The van der Waals surface area contributed by atoms with Crippen molar-refractivity contribution in [1.29, 1.82) is 0 Å². The Bertz CT molecular complexity index is 503. The van der Waals surface area contributed by atoms with Crippen LogP contribution >= 0.6 is 0 Å². The molecular formula is C11H8F2N2. The van der Waals surface area contributed by atoms with Crippen LogP contribution in [0.2, 0.25) is 0 Å². The van der Waals surface area contributed by atoms with Gasteiger partial charge < -0.3 is 0 Å². The maximum atomic E-state index is 13.3. The highest BCUT2D eigenvalue weighted by atomic mass is 19.1. The largest absolute Gasteiger partial charge is 0.278 e. The Kier molecular flexibility index (Phi) is 2.33. The van der Waals surface area contributed by atoms with Gasteiger partial charge in [0.2, 0.25) is 0 Å². The fourth-order valence-corrected chi connectivity index (χ4v) is 1.28. The molecule has 2 nitrogen and oxygen atoms in total. The van der Waals surface area contributed by atoms with Gasteiger partial charge >= 0.3 is 0 Å². The third-order valence-electron chi connectivity index (χ3n) is 2.02. The molecule has 0 saturated carbocycles. The van der Waals surface area contributed by atoms with Crippen LogP contribution in [0.5, 0.6) is 0 Å². The average molecular weight is 206 g/mol. The van der Waals surface area contributed by atoms with Crippen LogP contribution in [-0.4, -0.2) is 10.2 Å². The van der Waals surface area contributed by atoms with E-state index >= 15 is 0 Å². The molecule has 0 aliphatic heterocycles. The summed E-state index contributed by atoms with van der Waals surface area (Å²) in [6.45, 7) is 3.55. The van der Waals surface area contributed by atoms with Crippen molar-refractivity contribution in [3.05, 3.63) is 48.2 Å². The highest BCUT2D eigenvalue weighted by Crippen LogP contribution is 2.22. The molecule has 1 N–H and O–H groups in total. The molecule has 0 aliphatic rings. The first kappa shape index (κ1) is 9.58. The molecule has 2 aromatic rings. The molecule has 15 heavy (non-hydrogen) atoms. The van der Waals surface area contributed by atoms with E-state index in [2.05, 4.69) is 16.8 Å². The van der Waals surface area contributed by atoms with Gasteiger partial charge in [0.05, 0.1) is 11.4 Å². The van der Waals surface area contributed by atoms with Gasteiger partial charge in [-0.2, -0.15) is 5.10 Å². The Morgan fingerprint density at radius 2 is 2.07 bits per heavy atom. The first-order chi connectivity index (χ1) is 7.20. The molecule has 1 aromatic heterocycles. The standard InChI is InChI=1S/C11H8F2N2/c1-2-8-6-11(15-14-8)9-4-3-7(12)5-10(9)13/h2-6H,1H2,(H,14,15). The highest BCUT2D eigenvalue weighted by molar-refractivity contribution is 5.62. The second-order valence-electron chi connectivity index (χ2n) is 3.04. The molecular weight excluding hydrogens is 198 g/mol. The van der Waals surface area contributed by atoms with E-state index in [1.165, 1.54) is 12.1 Å². The van der Waals surface area contributed by atoms with Gasteiger partial charge in [0.1, 0.15) is 11.6 Å². The molecule has 76 valence electrons. The predicted molar refractivity (Wildman–Crippen MR) is 54.0 cm³/mol. The zero-order chi connectivity index (χ0) is 10.8. The predicted octanol–water partition coefficient (Wildman–Crippen LogP) is 3.00. The summed E-state index contributed by atoms with van der Waals surface area (Å²) < 4.78 is 26.0. The number of nitrogens with zero attached hydrogens (tertiary/aromatic N) is 1. The molecule has 0 atom stereocenters. The van der Waals surface area contributed by atoms with Gasteiger partial charge in [-0.25, -0.2) is 8.78 Å². The summed E-state index contributed by atoms with van der Waals surface area (Å²) in [6, 6.07) is 5.02. The van der Waals surface area contributed by atoms with E-state index < -0.39 is 11.6 Å². The number of benzene rings is 1.